The van der Waals surface area contributed by atoms with Crippen molar-refractivity contribution in [2.45, 2.75) is 45.9 Å². The maximum Gasteiger partial charge on any atom is 0.265 e. The van der Waals surface area contributed by atoms with E-state index < -0.39 is 6.04 Å². The van der Waals surface area contributed by atoms with Crippen LogP contribution >= 0.6 is 0 Å². The van der Waals surface area contributed by atoms with Crippen molar-refractivity contribution >= 4 is 23.1 Å². The van der Waals surface area contributed by atoms with Crippen molar-refractivity contribution in [1.29, 1.82) is 5.41 Å². The van der Waals surface area contributed by atoms with E-state index >= 15 is 0 Å². The minimum absolute atomic E-state index is 0.0172. The molecule has 0 heterocycles. The fraction of sp³-hybridized carbons (Fsp3) is 0.273. The van der Waals surface area contributed by atoms with E-state index in [0.717, 1.165) is 22.4 Å². The fourth-order valence-electron chi connectivity index (χ4n) is 4.77. The zero-order chi connectivity index (χ0) is 29.4. The summed E-state index contributed by atoms with van der Waals surface area (Å²) in [5.41, 5.74) is 16.5. The topological polar surface area (TPSA) is 121 Å². The molecule has 8 heteroatoms. The van der Waals surface area contributed by atoms with E-state index in [4.69, 9.17) is 20.6 Å². The molecule has 0 radical (unpaired) electrons. The van der Waals surface area contributed by atoms with Gasteiger partial charge in [-0.15, -0.1) is 0 Å². The van der Waals surface area contributed by atoms with Crippen molar-refractivity contribution in [3.63, 3.8) is 0 Å². The molecule has 0 bridgehead atoms. The van der Waals surface area contributed by atoms with Gasteiger partial charge >= 0.3 is 0 Å². The molecule has 41 heavy (non-hydrogen) atoms. The molecule has 3 aromatic carbocycles. The van der Waals surface area contributed by atoms with E-state index in [1.54, 1.807) is 24.3 Å². The number of benzene rings is 3. The van der Waals surface area contributed by atoms with Crippen LogP contribution < -0.4 is 21.9 Å². The van der Waals surface area contributed by atoms with Gasteiger partial charge < -0.3 is 20.5 Å². The summed E-state index contributed by atoms with van der Waals surface area (Å²) in [5, 5.41) is 11.0. The predicted molar refractivity (Wildman–Crippen MR) is 165 cm³/mol. The van der Waals surface area contributed by atoms with Gasteiger partial charge in [0.1, 0.15) is 23.7 Å². The second kappa shape index (κ2) is 13.7. The number of hydrogen-bond acceptors (Lipinski definition) is 6. The van der Waals surface area contributed by atoms with Crippen molar-refractivity contribution in [3.05, 3.63) is 108 Å². The zero-order valence-electron chi connectivity index (χ0n) is 24.0. The second-order valence-corrected chi connectivity index (χ2v) is 10.2. The minimum Gasteiger partial charge on any atom is -0.495 e. The minimum atomic E-state index is -0.757. The number of rotatable bonds is 12. The lowest BCUT2D eigenvalue weighted by atomic mass is 9.89. The van der Waals surface area contributed by atoms with E-state index in [2.05, 4.69) is 29.2 Å². The lowest BCUT2D eigenvalue weighted by Gasteiger charge is -2.32. The molecule has 3 unspecified atom stereocenters. The standard InChI is InChI=1S/C33H39N5O3/c1-5-40-29-20-25(19-22(4)31(29)41-21(2)3)30(36-26-17-15-24(16-18-26)32(34)35)33(39)38-37-28-14-10-9-13-27(28)23-11-7-6-8-12-23/h6-22,30-31,36-37H,5H2,1-4H3,(H3,34,35)(H,38,39). The number of nitrogens with one attached hydrogen (secondary N) is 4. The first-order chi connectivity index (χ1) is 19.8. The average Bonchev–Trinajstić information content (AvgIpc) is 2.97. The van der Waals surface area contributed by atoms with E-state index in [0.29, 0.717) is 23.6 Å². The van der Waals surface area contributed by atoms with Gasteiger partial charge in [-0.3, -0.25) is 21.1 Å². The third-order valence-electron chi connectivity index (χ3n) is 6.69. The van der Waals surface area contributed by atoms with Crippen LogP contribution in [-0.4, -0.2) is 36.6 Å². The number of carbonyl (C=O) groups excluding carboxylic acids is 1. The van der Waals surface area contributed by atoms with Gasteiger partial charge in [0.05, 0.1) is 18.4 Å². The summed E-state index contributed by atoms with van der Waals surface area (Å²) >= 11 is 0. The first-order valence-corrected chi connectivity index (χ1v) is 13.9. The summed E-state index contributed by atoms with van der Waals surface area (Å²) in [4.78, 5) is 13.8. The number of carbonyl (C=O) groups is 1. The average molecular weight is 554 g/mol. The van der Waals surface area contributed by atoms with Gasteiger partial charge in [-0.05, 0) is 68.3 Å². The van der Waals surface area contributed by atoms with Crippen LogP contribution in [0.25, 0.3) is 11.1 Å². The largest absolute Gasteiger partial charge is 0.495 e. The second-order valence-electron chi connectivity index (χ2n) is 10.2. The molecule has 0 saturated carbocycles. The number of anilines is 2. The van der Waals surface area contributed by atoms with Crippen molar-refractivity contribution in [3.8, 4) is 11.1 Å². The van der Waals surface area contributed by atoms with Crippen molar-refractivity contribution in [2.75, 3.05) is 17.3 Å². The van der Waals surface area contributed by atoms with E-state index in [1.165, 1.54) is 0 Å². The third-order valence-corrected chi connectivity index (χ3v) is 6.69. The van der Waals surface area contributed by atoms with Gasteiger partial charge in [0.15, 0.2) is 0 Å². The van der Waals surface area contributed by atoms with Crippen LogP contribution in [0.4, 0.5) is 11.4 Å². The lowest BCUT2D eigenvalue weighted by molar-refractivity contribution is -0.120. The number of hydrazine groups is 1. The van der Waals surface area contributed by atoms with E-state index in [1.807, 2.05) is 81.4 Å². The molecule has 8 nitrogen and oxygen atoms in total. The molecule has 1 amide bonds. The van der Waals surface area contributed by atoms with Crippen LogP contribution in [0.5, 0.6) is 0 Å². The highest BCUT2D eigenvalue weighted by atomic mass is 16.5. The fourth-order valence-corrected chi connectivity index (χ4v) is 4.77. The number of amides is 1. The quantitative estimate of drug-likeness (QED) is 0.109. The van der Waals surface area contributed by atoms with E-state index in [-0.39, 0.29) is 29.9 Å². The van der Waals surface area contributed by atoms with Gasteiger partial charge in [0, 0.05) is 22.7 Å². The highest BCUT2D eigenvalue weighted by molar-refractivity contribution is 5.95. The summed E-state index contributed by atoms with van der Waals surface area (Å²) in [6.45, 7) is 8.47. The Labute approximate surface area is 242 Å². The van der Waals surface area contributed by atoms with Crippen LogP contribution in [0.15, 0.2) is 102 Å². The van der Waals surface area contributed by atoms with Crippen molar-refractivity contribution < 1.29 is 14.3 Å². The number of para-hydroxylation sites is 1. The van der Waals surface area contributed by atoms with Crippen LogP contribution in [0.1, 0.15) is 33.3 Å². The molecule has 0 aromatic heterocycles. The van der Waals surface area contributed by atoms with Crippen LogP contribution in [-0.2, 0) is 14.3 Å². The Bertz CT molecular complexity index is 1400. The molecule has 1 aliphatic rings. The monoisotopic (exact) mass is 553 g/mol. The molecule has 4 rings (SSSR count). The Morgan fingerprint density at radius 2 is 1.68 bits per heavy atom. The third kappa shape index (κ3) is 7.55. The molecular weight excluding hydrogens is 514 g/mol. The van der Waals surface area contributed by atoms with Gasteiger partial charge in [0.2, 0.25) is 0 Å². The summed E-state index contributed by atoms with van der Waals surface area (Å²) < 4.78 is 12.2. The van der Waals surface area contributed by atoms with Gasteiger partial charge in [-0.2, -0.15) is 0 Å². The highest BCUT2D eigenvalue weighted by Gasteiger charge is 2.32. The number of nitrogen functional groups attached to an aromatic ring is 1. The Morgan fingerprint density at radius 1 is 1.00 bits per heavy atom. The first kappa shape index (κ1) is 29.4. The normalized spacial score (nSPS) is 17.2. The van der Waals surface area contributed by atoms with Gasteiger partial charge in [0.25, 0.3) is 5.91 Å². The van der Waals surface area contributed by atoms with Crippen molar-refractivity contribution in [2.24, 2.45) is 11.7 Å². The van der Waals surface area contributed by atoms with Gasteiger partial charge in [-0.25, -0.2) is 0 Å². The molecule has 0 saturated heterocycles. The molecule has 6 N–H and O–H groups in total. The first-order valence-electron chi connectivity index (χ1n) is 13.9. The van der Waals surface area contributed by atoms with E-state index in [9.17, 15) is 4.79 Å². The summed E-state index contributed by atoms with van der Waals surface area (Å²) in [5.74, 6) is 0.372. The summed E-state index contributed by atoms with van der Waals surface area (Å²) in [6.07, 6.45) is 3.73. The van der Waals surface area contributed by atoms with Crippen LogP contribution in [0.3, 0.4) is 0 Å². The Balaban J connectivity index is 1.63. The Morgan fingerprint density at radius 3 is 2.34 bits per heavy atom. The molecule has 0 aliphatic heterocycles. The number of ether oxygens (including phenoxy) is 2. The van der Waals surface area contributed by atoms with Crippen LogP contribution in [0.2, 0.25) is 0 Å². The molecular formula is C33H39N5O3. The molecule has 1 aliphatic carbocycles. The molecule has 0 spiro atoms. The summed E-state index contributed by atoms with van der Waals surface area (Å²) in [7, 11) is 0. The van der Waals surface area contributed by atoms with Crippen LogP contribution in [0, 0.1) is 11.3 Å². The zero-order valence-corrected chi connectivity index (χ0v) is 24.0. The Kier molecular flexibility index (Phi) is 9.81. The number of amidine groups is 1. The van der Waals surface area contributed by atoms with Gasteiger partial charge in [-0.1, -0.05) is 61.5 Å². The maximum absolute atomic E-state index is 13.8. The van der Waals surface area contributed by atoms with Crippen molar-refractivity contribution in [1.82, 2.24) is 5.43 Å². The highest BCUT2D eigenvalue weighted by Crippen LogP contribution is 2.31. The molecule has 3 atom stereocenters. The SMILES string of the molecule is CCOC1=CC(C(Nc2ccc(C(=N)N)cc2)C(=O)NNc2ccccc2-c2ccccc2)=CC(C)C1OC(C)C. The molecule has 3 aromatic rings. The maximum atomic E-state index is 13.8. The Hall–Kier alpha value is -4.56. The molecule has 214 valence electrons. The molecule has 0 fully saturated rings. The smallest absolute Gasteiger partial charge is 0.265 e. The number of hydrogen-bond donors (Lipinski definition) is 5. The predicted octanol–water partition coefficient (Wildman–Crippen LogP) is 5.85. The lowest BCUT2D eigenvalue weighted by Crippen LogP contribution is -2.44. The number of nitrogens with two attached hydrogens (primary N) is 1. The summed E-state index contributed by atoms with van der Waals surface area (Å²) in [6, 6.07) is 24.2.